The van der Waals surface area contributed by atoms with Crippen LogP contribution in [-0.2, 0) is 18.0 Å². The Balaban J connectivity index is 1.43. The van der Waals surface area contributed by atoms with Gasteiger partial charge in [0.05, 0.1) is 41.9 Å². The molecule has 3 fully saturated rings. The number of halogens is 2. The van der Waals surface area contributed by atoms with Gasteiger partial charge in [0, 0.05) is 75.2 Å². The molecule has 1 aromatic heterocycles. The average Bonchev–Trinajstić information content (AvgIpc) is 3.63. The van der Waals surface area contributed by atoms with Crippen molar-refractivity contribution in [2.24, 2.45) is 5.73 Å². The lowest BCUT2D eigenvalue weighted by Crippen LogP contribution is -2.52. The molecule has 2 aromatic rings. The number of thioether (sulfide) groups is 1. The molecule has 5 aliphatic heterocycles. The summed E-state index contributed by atoms with van der Waals surface area (Å²) in [6.45, 7) is 5.55. The first-order valence-electron chi connectivity index (χ1n) is 15.4. The van der Waals surface area contributed by atoms with E-state index in [0.29, 0.717) is 36.5 Å². The van der Waals surface area contributed by atoms with Crippen LogP contribution in [0.25, 0.3) is 10.9 Å². The molecule has 3 unspecified atom stereocenters. The van der Waals surface area contributed by atoms with Crippen LogP contribution in [0.3, 0.4) is 0 Å². The maximum absolute atomic E-state index is 17.3. The van der Waals surface area contributed by atoms with Gasteiger partial charge < -0.3 is 36.0 Å². The van der Waals surface area contributed by atoms with E-state index in [4.69, 9.17) is 20.4 Å². The van der Waals surface area contributed by atoms with Crippen molar-refractivity contribution in [1.29, 1.82) is 5.26 Å². The van der Waals surface area contributed by atoms with E-state index in [1.807, 2.05) is 0 Å². The number of hydrogen-bond acceptors (Lipinski definition) is 12. The Morgan fingerprint density at radius 3 is 2.58 bits per heavy atom. The highest BCUT2D eigenvalue weighted by Gasteiger charge is 2.41. The third-order valence-corrected chi connectivity index (χ3v) is 10.3. The summed E-state index contributed by atoms with van der Waals surface area (Å²) in [5.74, 6) is 0.0694. The zero-order valence-electron chi connectivity index (χ0n) is 25.2. The summed E-state index contributed by atoms with van der Waals surface area (Å²) in [5, 5.41) is 26.9. The van der Waals surface area contributed by atoms with E-state index in [2.05, 4.69) is 31.4 Å². The minimum absolute atomic E-state index is 0.0950. The second kappa shape index (κ2) is 12.4. The number of allylic oxidation sites excluding steroid dienone is 2. The van der Waals surface area contributed by atoms with E-state index >= 15 is 4.39 Å². The van der Waals surface area contributed by atoms with Crippen molar-refractivity contribution >= 4 is 34.4 Å². The summed E-state index contributed by atoms with van der Waals surface area (Å²) in [4.78, 5) is 16.7. The number of aliphatic hydroxyl groups is 1. The lowest BCUT2D eigenvalue weighted by Gasteiger charge is -2.39. The van der Waals surface area contributed by atoms with Gasteiger partial charge in [-0.3, -0.25) is 4.90 Å². The number of nitriles is 1. The summed E-state index contributed by atoms with van der Waals surface area (Å²) in [6, 6.07) is 1.70. The molecule has 0 amide bonds. The van der Waals surface area contributed by atoms with Crippen LogP contribution in [-0.4, -0.2) is 90.7 Å². The van der Waals surface area contributed by atoms with Crippen LogP contribution < -0.4 is 26.2 Å². The summed E-state index contributed by atoms with van der Waals surface area (Å²) >= 11 is 1.18. The molecule has 2 bridgehead atoms. The molecule has 14 heteroatoms. The Labute approximate surface area is 264 Å². The van der Waals surface area contributed by atoms with Gasteiger partial charge >= 0.3 is 0 Å². The van der Waals surface area contributed by atoms with Gasteiger partial charge in [-0.1, -0.05) is 0 Å². The van der Waals surface area contributed by atoms with Crippen molar-refractivity contribution in [2.75, 3.05) is 68.5 Å². The number of hydrogen-bond donors (Lipinski definition) is 4. The Kier molecular flexibility index (Phi) is 8.30. The molecule has 1 aromatic carbocycles. The maximum atomic E-state index is 17.3. The van der Waals surface area contributed by atoms with E-state index < -0.39 is 17.7 Å². The summed E-state index contributed by atoms with van der Waals surface area (Å²) in [6.07, 6.45) is 6.21. The largest absolute Gasteiger partial charge is 0.395 e. The molecule has 3 saturated heterocycles. The lowest BCUT2D eigenvalue weighted by molar-refractivity contribution is 0.134. The molecule has 7 rings (SSSR count). The number of rotatable bonds is 7. The number of piperazine rings is 2. The van der Waals surface area contributed by atoms with Crippen molar-refractivity contribution in [3.63, 3.8) is 0 Å². The topological polar surface area (TPSA) is 139 Å². The third-order valence-electron chi connectivity index (χ3n) is 9.65. The van der Waals surface area contributed by atoms with E-state index in [-0.39, 0.29) is 59.2 Å². The molecular formula is C31H37F2N9O2S. The van der Waals surface area contributed by atoms with Gasteiger partial charge in [0.1, 0.15) is 23.2 Å². The van der Waals surface area contributed by atoms with E-state index in [1.165, 1.54) is 24.0 Å². The van der Waals surface area contributed by atoms with Crippen molar-refractivity contribution in [3.05, 3.63) is 56.8 Å². The smallest absolute Gasteiger partial charge is 0.228 e. The second-order valence-corrected chi connectivity index (χ2v) is 12.9. The second-order valence-electron chi connectivity index (χ2n) is 12.0. The van der Waals surface area contributed by atoms with Gasteiger partial charge in [-0.15, -0.1) is 11.8 Å². The molecule has 3 atom stereocenters. The highest BCUT2D eigenvalue weighted by molar-refractivity contribution is 8.02. The highest BCUT2D eigenvalue weighted by Crippen LogP contribution is 2.46. The van der Waals surface area contributed by atoms with Crippen molar-refractivity contribution < 1.29 is 18.6 Å². The fraction of sp³-hybridized carbons (Fsp3) is 0.516. The number of nitrogens with zero attached hydrogens (tertiary/aromatic N) is 6. The monoisotopic (exact) mass is 637 g/mol. The van der Waals surface area contributed by atoms with Crippen molar-refractivity contribution in [3.8, 4) is 6.07 Å². The molecule has 238 valence electrons. The number of benzene rings is 1. The number of aliphatic hydroxyl groups excluding tert-OH is 1. The molecule has 0 aliphatic carbocycles. The molecule has 11 nitrogen and oxygen atoms in total. The zero-order chi connectivity index (χ0) is 31.2. The van der Waals surface area contributed by atoms with Crippen LogP contribution in [0.5, 0.6) is 0 Å². The van der Waals surface area contributed by atoms with Gasteiger partial charge in [0.15, 0.2) is 5.82 Å². The number of fused-ring (bicyclic) bond motifs is 5. The fourth-order valence-electron chi connectivity index (χ4n) is 7.44. The predicted octanol–water partition coefficient (Wildman–Crippen LogP) is 2.29. The number of nitrogens with two attached hydrogens (primary N) is 1. The first-order chi connectivity index (χ1) is 21.9. The normalized spacial score (nSPS) is 25.4. The summed E-state index contributed by atoms with van der Waals surface area (Å²) in [7, 11) is 0. The van der Waals surface area contributed by atoms with Crippen LogP contribution >= 0.6 is 11.8 Å². The third kappa shape index (κ3) is 5.20. The van der Waals surface area contributed by atoms with Crippen molar-refractivity contribution in [1.82, 2.24) is 25.5 Å². The van der Waals surface area contributed by atoms with Gasteiger partial charge in [-0.05, 0) is 36.3 Å². The van der Waals surface area contributed by atoms with Crippen LogP contribution in [0.4, 0.5) is 20.5 Å². The molecule has 5 N–H and O–H groups in total. The Morgan fingerprint density at radius 2 is 1.89 bits per heavy atom. The Hall–Kier alpha value is -3.48. The number of β-amino-alcohol motifs (C(OH)–C–C–N with tert-alkyl or cyclic N) is 1. The first kappa shape index (κ1) is 30.2. The first-order valence-corrected chi connectivity index (χ1v) is 16.6. The lowest BCUT2D eigenvalue weighted by atomic mass is 9.86. The van der Waals surface area contributed by atoms with Gasteiger partial charge in [0.25, 0.3) is 0 Å². The number of aromatic nitrogens is 2. The van der Waals surface area contributed by atoms with Crippen LogP contribution in [0.15, 0.2) is 34.3 Å². The summed E-state index contributed by atoms with van der Waals surface area (Å²) in [5.41, 5.74) is 8.50. The van der Waals surface area contributed by atoms with Crippen LogP contribution in [0.1, 0.15) is 35.6 Å². The quantitative estimate of drug-likeness (QED) is 0.332. The molecule has 0 radical (unpaired) electrons. The minimum Gasteiger partial charge on any atom is -0.395 e. The molecule has 5 aliphatic rings. The van der Waals surface area contributed by atoms with Gasteiger partial charge in [-0.25, -0.2) is 13.8 Å². The molecule has 45 heavy (non-hydrogen) atoms. The maximum Gasteiger partial charge on any atom is 0.228 e. The van der Waals surface area contributed by atoms with Crippen molar-refractivity contribution in [2.45, 2.75) is 44.2 Å². The SMILES string of the molecule is CS/C(N)=C(/C#N)C1=CC(F)=CNC1c1c2c(c3c(N4C5CCC4CNC5)nc(N4CCN(CCO)CC4)nc3c1F)COC2. The van der Waals surface area contributed by atoms with Crippen LogP contribution in [0.2, 0.25) is 0 Å². The number of anilines is 2. The zero-order valence-corrected chi connectivity index (χ0v) is 26.0. The van der Waals surface area contributed by atoms with Gasteiger partial charge in [-0.2, -0.15) is 10.2 Å². The molecule has 0 saturated carbocycles. The van der Waals surface area contributed by atoms with Gasteiger partial charge in [0.2, 0.25) is 5.95 Å². The predicted molar refractivity (Wildman–Crippen MR) is 169 cm³/mol. The molecular weight excluding hydrogens is 600 g/mol. The van der Waals surface area contributed by atoms with E-state index in [0.717, 1.165) is 50.4 Å². The fourth-order valence-corrected chi connectivity index (χ4v) is 7.81. The molecule has 0 spiro atoms. The highest BCUT2D eigenvalue weighted by atomic mass is 32.2. The average molecular weight is 638 g/mol. The number of dihydropyridines is 1. The van der Waals surface area contributed by atoms with E-state index in [9.17, 15) is 14.8 Å². The number of nitrogens with one attached hydrogen (secondary N) is 2. The number of ether oxygens (including phenoxy) is 1. The van der Waals surface area contributed by atoms with Crippen LogP contribution in [0, 0.1) is 17.1 Å². The Bertz CT molecular complexity index is 1630. The summed E-state index contributed by atoms with van der Waals surface area (Å²) < 4.78 is 38.0. The minimum atomic E-state index is -0.885. The molecule has 6 heterocycles. The standard InChI is InChI=1S/C31H37F2N9O2S/c1-45-29(35)21(11-34)20-10-17(32)12-37-27(20)24-22-15-44-16-23(22)25-28(26(24)33)38-31(41-6-4-40(5-7-41)8-9-43)39-30(25)42-18-2-3-19(42)14-36-13-18/h10,12,18-19,27,36-37,43H,2-9,13-16,35H2,1H3/b29-21-. The Morgan fingerprint density at radius 1 is 1.16 bits per heavy atom. The van der Waals surface area contributed by atoms with E-state index in [1.54, 1.807) is 6.26 Å².